The molecule has 0 saturated carbocycles. The SMILES string of the molecule is CCN1C(=O)CC2(CCN(C(=O)CCC(=O)OC3C(=O)C(O)=C(O)C(=O)[C@@H]3O)CC2)C1=O. The molecule has 2 heterocycles. The zero-order valence-electron chi connectivity index (χ0n) is 17.4. The van der Waals surface area contributed by atoms with Crippen molar-refractivity contribution in [1.82, 2.24) is 9.80 Å². The van der Waals surface area contributed by atoms with Gasteiger partial charge < -0.3 is 25.0 Å². The van der Waals surface area contributed by atoms with Crippen LogP contribution in [-0.2, 0) is 33.5 Å². The molecule has 2 fully saturated rings. The Balaban J connectivity index is 1.50. The maximum absolute atomic E-state index is 12.6. The molecular formula is C20H24N2O10. The summed E-state index contributed by atoms with van der Waals surface area (Å²) in [5.74, 6) is -7.18. The van der Waals surface area contributed by atoms with E-state index in [1.54, 1.807) is 6.92 Å². The van der Waals surface area contributed by atoms with Gasteiger partial charge in [-0.05, 0) is 19.8 Å². The average Bonchev–Trinajstić information content (AvgIpc) is 3.01. The Morgan fingerprint density at radius 3 is 2.19 bits per heavy atom. The summed E-state index contributed by atoms with van der Waals surface area (Å²) in [4.78, 5) is 75.2. The summed E-state index contributed by atoms with van der Waals surface area (Å²) >= 11 is 0. The summed E-state index contributed by atoms with van der Waals surface area (Å²) < 4.78 is 4.75. The first kappa shape index (κ1) is 23.4. The maximum Gasteiger partial charge on any atom is 0.307 e. The van der Waals surface area contributed by atoms with Gasteiger partial charge in [0.2, 0.25) is 46.9 Å². The Bertz CT molecular complexity index is 915. The number of carbonyl (C=O) groups excluding carboxylic acids is 6. The van der Waals surface area contributed by atoms with E-state index in [9.17, 15) is 44.1 Å². The van der Waals surface area contributed by atoms with Gasteiger partial charge in [-0.2, -0.15) is 0 Å². The van der Waals surface area contributed by atoms with E-state index in [4.69, 9.17) is 4.74 Å². The second-order valence-electron chi connectivity index (χ2n) is 8.06. The quantitative estimate of drug-likeness (QED) is 0.343. The molecule has 2 saturated heterocycles. The van der Waals surface area contributed by atoms with Gasteiger partial charge in [-0.1, -0.05) is 0 Å². The largest absolute Gasteiger partial charge is 0.502 e. The van der Waals surface area contributed by atoms with Crippen molar-refractivity contribution in [2.45, 2.75) is 51.2 Å². The zero-order chi connectivity index (χ0) is 23.8. The lowest BCUT2D eigenvalue weighted by molar-refractivity contribution is -0.166. The molecule has 1 unspecified atom stereocenters. The van der Waals surface area contributed by atoms with Gasteiger partial charge in [0.05, 0.1) is 11.8 Å². The number of ether oxygens (including phenoxy) is 1. The van der Waals surface area contributed by atoms with Crippen LogP contribution in [0.4, 0.5) is 0 Å². The Kier molecular flexibility index (Phi) is 6.35. The maximum atomic E-state index is 12.6. The molecule has 12 heteroatoms. The van der Waals surface area contributed by atoms with Gasteiger partial charge in [0.1, 0.15) is 0 Å². The monoisotopic (exact) mass is 452 g/mol. The predicted octanol–water partition coefficient (Wildman–Crippen LogP) is -1.09. The summed E-state index contributed by atoms with van der Waals surface area (Å²) in [6.07, 6.45) is -4.11. The van der Waals surface area contributed by atoms with E-state index >= 15 is 0 Å². The third-order valence-corrected chi connectivity index (χ3v) is 6.19. The van der Waals surface area contributed by atoms with Crippen molar-refractivity contribution in [2.24, 2.45) is 5.41 Å². The predicted molar refractivity (Wildman–Crippen MR) is 103 cm³/mol. The highest BCUT2D eigenvalue weighted by atomic mass is 16.6. The lowest BCUT2D eigenvalue weighted by Crippen LogP contribution is -2.48. The third kappa shape index (κ3) is 3.97. The van der Waals surface area contributed by atoms with E-state index in [2.05, 4.69) is 0 Å². The standard InChI is InChI=1S/C20H24N2O10/c1-2-22-11(24)9-20(19(22)31)5-7-21(8-6-20)10(23)3-4-12(25)32-18-16(29)14(27)13(26)15(28)17(18)30/h16,18,26,28-29H,2-9H2,1H3/t16-,18?/m0/s1. The van der Waals surface area contributed by atoms with Gasteiger partial charge in [0.25, 0.3) is 0 Å². The number of amides is 3. The van der Waals surface area contributed by atoms with E-state index in [1.807, 2.05) is 0 Å². The molecule has 32 heavy (non-hydrogen) atoms. The highest BCUT2D eigenvalue weighted by Crippen LogP contribution is 2.42. The van der Waals surface area contributed by atoms with Crippen LogP contribution in [-0.4, -0.2) is 92.2 Å². The number of rotatable bonds is 5. The fourth-order valence-corrected chi connectivity index (χ4v) is 4.23. The lowest BCUT2D eigenvalue weighted by atomic mass is 9.77. The van der Waals surface area contributed by atoms with Gasteiger partial charge in [0.15, 0.2) is 6.10 Å². The number of hydrogen-bond donors (Lipinski definition) is 3. The number of esters is 1. The Hall–Kier alpha value is -3.28. The first-order valence-electron chi connectivity index (χ1n) is 10.2. The van der Waals surface area contributed by atoms with Gasteiger partial charge in [-0.3, -0.25) is 33.7 Å². The van der Waals surface area contributed by atoms with E-state index in [1.165, 1.54) is 9.80 Å². The number of nitrogens with zero attached hydrogens (tertiary/aromatic N) is 2. The minimum Gasteiger partial charge on any atom is -0.502 e. The van der Waals surface area contributed by atoms with Crippen LogP contribution in [0.3, 0.4) is 0 Å². The van der Waals surface area contributed by atoms with Crippen LogP contribution >= 0.6 is 0 Å². The molecule has 12 nitrogen and oxygen atoms in total. The van der Waals surface area contributed by atoms with Crippen LogP contribution in [0.15, 0.2) is 11.5 Å². The lowest BCUT2D eigenvalue weighted by Gasteiger charge is -2.37. The fraction of sp³-hybridized carbons (Fsp3) is 0.600. The molecule has 0 radical (unpaired) electrons. The molecule has 1 aliphatic carbocycles. The van der Waals surface area contributed by atoms with Crippen molar-refractivity contribution < 1.29 is 48.8 Å². The first-order valence-corrected chi connectivity index (χ1v) is 10.2. The van der Waals surface area contributed by atoms with E-state index in [0.29, 0.717) is 19.4 Å². The van der Waals surface area contributed by atoms with E-state index in [-0.39, 0.29) is 37.7 Å². The summed E-state index contributed by atoms with van der Waals surface area (Å²) in [5.41, 5.74) is -0.784. The molecule has 0 aromatic heterocycles. The smallest absolute Gasteiger partial charge is 0.307 e. The van der Waals surface area contributed by atoms with Crippen LogP contribution < -0.4 is 0 Å². The molecule has 2 atom stereocenters. The van der Waals surface area contributed by atoms with Gasteiger partial charge in [-0.15, -0.1) is 0 Å². The Morgan fingerprint density at radius 1 is 1.03 bits per heavy atom. The minimum absolute atomic E-state index is 0.126. The Morgan fingerprint density at radius 2 is 1.62 bits per heavy atom. The number of aliphatic hydroxyl groups is 3. The number of aliphatic hydroxyl groups excluding tert-OH is 3. The van der Waals surface area contributed by atoms with Gasteiger partial charge in [0, 0.05) is 32.5 Å². The topological polar surface area (TPSA) is 179 Å². The molecule has 0 aromatic carbocycles. The molecule has 1 spiro atoms. The summed E-state index contributed by atoms with van der Waals surface area (Å²) in [7, 11) is 0. The molecule has 2 aliphatic heterocycles. The molecular weight excluding hydrogens is 428 g/mol. The molecule has 0 aromatic rings. The van der Waals surface area contributed by atoms with Gasteiger partial charge in [-0.25, -0.2) is 0 Å². The third-order valence-electron chi connectivity index (χ3n) is 6.19. The van der Waals surface area contributed by atoms with E-state index in [0.717, 1.165) is 0 Å². The second kappa shape index (κ2) is 8.69. The van der Waals surface area contributed by atoms with Crippen LogP contribution in [0.5, 0.6) is 0 Å². The number of ketones is 2. The molecule has 174 valence electrons. The van der Waals surface area contributed by atoms with Crippen molar-refractivity contribution in [3.05, 3.63) is 11.5 Å². The minimum atomic E-state index is -2.16. The normalized spacial score (nSPS) is 25.7. The van der Waals surface area contributed by atoms with Crippen LogP contribution in [0, 0.1) is 5.41 Å². The second-order valence-corrected chi connectivity index (χ2v) is 8.06. The fourth-order valence-electron chi connectivity index (χ4n) is 4.23. The molecule has 3 rings (SSSR count). The number of carbonyl (C=O) groups is 6. The van der Waals surface area contributed by atoms with Crippen molar-refractivity contribution >= 4 is 35.3 Å². The Labute approximate surface area is 182 Å². The first-order chi connectivity index (χ1) is 15.0. The highest BCUT2D eigenvalue weighted by Gasteiger charge is 2.52. The van der Waals surface area contributed by atoms with Crippen LogP contribution in [0.2, 0.25) is 0 Å². The number of hydrogen-bond acceptors (Lipinski definition) is 10. The van der Waals surface area contributed by atoms with Crippen LogP contribution in [0.1, 0.15) is 39.0 Å². The summed E-state index contributed by atoms with van der Waals surface area (Å²) in [5, 5.41) is 28.4. The van der Waals surface area contributed by atoms with Crippen molar-refractivity contribution in [2.75, 3.05) is 19.6 Å². The molecule has 3 amide bonds. The molecule has 3 N–H and O–H groups in total. The number of Topliss-reactive ketones (excluding diaryl/α,β-unsaturated/α-hetero) is 2. The van der Waals surface area contributed by atoms with Crippen molar-refractivity contribution in [3.8, 4) is 0 Å². The summed E-state index contributed by atoms with van der Waals surface area (Å²) in [6, 6.07) is 0. The number of likely N-dealkylation sites (tertiary alicyclic amines) is 2. The number of piperidine rings is 1. The van der Waals surface area contributed by atoms with Crippen molar-refractivity contribution in [3.63, 3.8) is 0 Å². The average molecular weight is 452 g/mol. The van der Waals surface area contributed by atoms with E-state index < -0.39 is 59.0 Å². The molecule has 3 aliphatic rings. The summed E-state index contributed by atoms with van der Waals surface area (Å²) in [6.45, 7) is 2.53. The highest BCUT2D eigenvalue weighted by molar-refractivity contribution is 6.14. The number of imide groups is 1. The zero-order valence-corrected chi connectivity index (χ0v) is 17.4. The van der Waals surface area contributed by atoms with Gasteiger partial charge >= 0.3 is 5.97 Å². The van der Waals surface area contributed by atoms with Crippen LogP contribution in [0.25, 0.3) is 0 Å². The molecule has 0 bridgehead atoms. The van der Waals surface area contributed by atoms with Crippen molar-refractivity contribution in [1.29, 1.82) is 0 Å².